The Morgan fingerprint density at radius 1 is 1.42 bits per heavy atom. The summed E-state index contributed by atoms with van der Waals surface area (Å²) in [6, 6.07) is 0. The third-order valence-electron chi connectivity index (χ3n) is 3.48. The van der Waals surface area contributed by atoms with Crippen molar-refractivity contribution < 1.29 is 19.1 Å². The molecule has 0 bridgehead atoms. The van der Waals surface area contributed by atoms with Gasteiger partial charge in [-0.2, -0.15) is 4.98 Å². The summed E-state index contributed by atoms with van der Waals surface area (Å²) in [5.74, 6) is 1.05. The van der Waals surface area contributed by atoms with Crippen molar-refractivity contribution in [1.82, 2.24) is 10.1 Å². The molecule has 1 unspecified atom stereocenters. The van der Waals surface area contributed by atoms with Crippen molar-refractivity contribution in [2.75, 3.05) is 20.3 Å². The van der Waals surface area contributed by atoms with Crippen LogP contribution in [0.1, 0.15) is 44.3 Å². The van der Waals surface area contributed by atoms with E-state index in [4.69, 9.17) is 14.0 Å². The van der Waals surface area contributed by atoms with E-state index >= 15 is 0 Å². The summed E-state index contributed by atoms with van der Waals surface area (Å²) in [5.41, 5.74) is -0.386. The summed E-state index contributed by atoms with van der Waals surface area (Å²) in [6.07, 6.45) is 3.79. The molecule has 1 aliphatic rings. The van der Waals surface area contributed by atoms with Crippen molar-refractivity contribution in [2.24, 2.45) is 0 Å². The zero-order chi connectivity index (χ0) is 13.7. The second-order valence-corrected chi connectivity index (χ2v) is 4.96. The van der Waals surface area contributed by atoms with Crippen LogP contribution in [-0.4, -0.2) is 41.7 Å². The van der Waals surface area contributed by atoms with Crippen LogP contribution in [0.15, 0.2) is 4.52 Å². The van der Waals surface area contributed by atoms with E-state index in [9.17, 15) is 5.11 Å². The number of aliphatic hydroxyl groups excluding tert-OH is 1. The number of methoxy groups -OCH3 is 1. The summed E-state index contributed by atoms with van der Waals surface area (Å²) in [4.78, 5) is 4.39. The van der Waals surface area contributed by atoms with Crippen molar-refractivity contribution in [1.29, 1.82) is 0 Å². The molecule has 108 valence electrons. The second kappa shape index (κ2) is 6.45. The molecule has 1 aromatic heterocycles. The van der Waals surface area contributed by atoms with Gasteiger partial charge in [-0.25, -0.2) is 0 Å². The number of nitrogens with zero attached hydrogens (tertiary/aromatic N) is 2. The zero-order valence-corrected chi connectivity index (χ0v) is 11.6. The van der Waals surface area contributed by atoms with Gasteiger partial charge in [0.1, 0.15) is 5.60 Å². The maximum Gasteiger partial charge on any atom is 0.229 e. The molecular weight excluding hydrogens is 248 g/mol. The number of aromatic nitrogens is 2. The number of ether oxygens (including phenoxy) is 2. The van der Waals surface area contributed by atoms with Crippen molar-refractivity contribution >= 4 is 0 Å². The lowest BCUT2D eigenvalue weighted by Crippen LogP contribution is -2.27. The molecule has 2 rings (SSSR count). The van der Waals surface area contributed by atoms with Gasteiger partial charge in [-0.3, -0.25) is 0 Å². The van der Waals surface area contributed by atoms with E-state index in [-0.39, 0.29) is 12.2 Å². The van der Waals surface area contributed by atoms with Gasteiger partial charge in [0.2, 0.25) is 11.7 Å². The summed E-state index contributed by atoms with van der Waals surface area (Å²) < 4.78 is 16.0. The maximum absolute atomic E-state index is 9.66. The molecule has 1 saturated carbocycles. The van der Waals surface area contributed by atoms with Crippen LogP contribution in [0.25, 0.3) is 0 Å². The van der Waals surface area contributed by atoms with Crippen molar-refractivity contribution in [3.05, 3.63) is 11.7 Å². The molecule has 0 aromatic carbocycles. The highest BCUT2D eigenvalue weighted by Crippen LogP contribution is 2.40. The fourth-order valence-corrected chi connectivity index (χ4v) is 2.63. The fourth-order valence-electron chi connectivity index (χ4n) is 2.63. The van der Waals surface area contributed by atoms with Gasteiger partial charge in [0.15, 0.2) is 0 Å². The summed E-state index contributed by atoms with van der Waals surface area (Å²) in [7, 11) is 1.55. The Kier molecular flexibility index (Phi) is 4.90. The molecule has 1 heterocycles. The van der Waals surface area contributed by atoms with E-state index in [0.717, 1.165) is 25.7 Å². The number of hydrogen-bond acceptors (Lipinski definition) is 6. The van der Waals surface area contributed by atoms with Gasteiger partial charge in [0.05, 0.1) is 19.1 Å². The first-order valence-corrected chi connectivity index (χ1v) is 6.84. The molecule has 1 fully saturated rings. The van der Waals surface area contributed by atoms with Gasteiger partial charge in [0, 0.05) is 13.7 Å². The minimum atomic E-state index is -0.620. The van der Waals surface area contributed by atoms with Crippen molar-refractivity contribution in [3.63, 3.8) is 0 Å². The number of rotatable bonds is 7. The summed E-state index contributed by atoms with van der Waals surface area (Å²) >= 11 is 0. The van der Waals surface area contributed by atoms with E-state index in [1.54, 1.807) is 7.11 Å². The Labute approximate surface area is 113 Å². The van der Waals surface area contributed by atoms with Crippen LogP contribution in [0.3, 0.4) is 0 Å². The molecule has 1 N–H and O–H groups in total. The predicted molar refractivity (Wildman–Crippen MR) is 67.7 cm³/mol. The van der Waals surface area contributed by atoms with Crippen molar-refractivity contribution in [3.8, 4) is 0 Å². The Hall–Kier alpha value is -0.980. The first kappa shape index (κ1) is 14.4. The maximum atomic E-state index is 9.66. The molecule has 6 heteroatoms. The minimum absolute atomic E-state index is 0.258. The largest absolute Gasteiger partial charge is 0.390 e. The lowest BCUT2D eigenvalue weighted by Gasteiger charge is -2.24. The highest BCUT2D eigenvalue weighted by molar-refractivity contribution is 5.04. The highest BCUT2D eigenvalue weighted by Gasteiger charge is 2.40. The SMILES string of the molecule is CCOC1(c2noc(CC(O)COC)n2)CCCC1. The molecule has 0 spiro atoms. The van der Waals surface area contributed by atoms with Crippen LogP contribution in [-0.2, 0) is 21.5 Å². The lowest BCUT2D eigenvalue weighted by molar-refractivity contribution is -0.0469. The van der Waals surface area contributed by atoms with E-state index in [2.05, 4.69) is 10.1 Å². The van der Waals surface area contributed by atoms with Crippen LogP contribution < -0.4 is 0 Å². The predicted octanol–water partition coefficient (Wildman–Crippen LogP) is 1.43. The quantitative estimate of drug-likeness (QED) is 0.807. The van der Waals surface area contributed by atoms with Gasteiger partial charge in [-0.1, -0.05) is 5.16 Å². The Balaban J connectivity index is 2.06. The average Bonchev–Trinajstić information content (AvgIpc) is 3.00. The summed E-state index contributed by atoms with van der Waals surface area (Å²) in [5, 5.41) is 13.7. The third-order valence-corrected chi connectivity index (χ3v) is 3.48. The normalized spacial score (nSPS) is 19.7. The van der Waals surface area contributed by atoms with E-state index in [1.165, 1.54) is 0 Å². The molecule has 0 radical (unpaired) electrons. The van der Waals surface area contributed by atoms with Gasteiger partial charge < -0.3 is 19.1 Å². The standard InChI is InChI=1S/C13H22N2O4/c1-3-18-13(6-4-5-7-13)12-14-11(19-15-12)8-10(16)9-17-2/h10,16H,3-9H2,1-2H3. The highest BCUT2D eigenvalue weighted by atomic mass is 16.5. The Morgan fingerprint density at radius 2 is 2.16 bits per heavy atom. The van der Waals surface area contributed by atoms with Crippen LogP contribution in [0, 0.1) is 0 Å². The molecule has 6 nitrogen and oxygen atoms in total. The van der Waals surface area contributed by atoms with Gasteiger partial charge in [0.25, 0.3) is 0 Å². The second-order valence-electron chi connectivity index (χ2n) is 4.96. The molecule has 0 amide bonds. The number of hydrogen-bond donors (Lipinski definition) is 1. The Bertz CT molecular complexity index is 388. The minimum Gasteiger partial charge on any atom is -0.390 e. The molecule has 19 heavy (non-hydrogen) atoms. The van der Waals surface area contributed by atoms with Gasteiger partial charge in [-0.05, 0) is 32.6 Å². The number of aliphatic hydroxyl groups is 1. The van der Waals surface area contributed by atoms with Gasteiger partial charge in [-0.15, -0.1) is 0 Å². The topological polar surface area (TPSA) is 77.6 Å². The summed E-state index contributed by atoms with van der Waals surface area (Å²) in [6.45, 7) is 2.87. The van der Waals surface area contributed by atoms with E-state index < -0.39 is 6.10 Å². The molecule has 1 aliphatic carbocycles. The van der Waals surface area contributed by atoms with Gasteiger partial charge >= 0.3 is 0 Å². The lowest BCUT2D eigenvalue weighted by atomic mass is 10.0. The first-order chi connectivity index (χ1) is 9.20. The third kappa shape index (κ3) is 3.32. The first-order valence-electron chi connectivity index (χ1n) is 6.84. The molecule has 0 aliphatic heterocycles. The Morgan fingerprint density at radius 3 is 2.79 bits per heavy atom. The van der Waals surface area contributed by atoms with E-state index in [1.807, 2.05) is 6.92 Å². The van der Waals surface area contributed by atoms with Crippen LogP contribution in [0.4, 0.5) is 0 Å². The van der Waals surface area contributed by atoms with Crippen molar-refractivity contribution in [2.45, 2.75) is 50.7 Å². The smallest absolute Gasteiger partial charge is 0.229 e. The molecular formula is C13H22N2O4. The molecule has 1 aromatic rings. The average molecular weight is 270 g/mol. The zero-order valence-electron chi connectivity index (χ0n) is 11.6. The molecule has 1 atom stereocenters. The fraction of sp³-hybridized carbons (Fsp3) is 0.846. The molecule has 0 saturated heterocycles. The van der Waals surface area contributed by atoms with Crippen LogP contribution in [0.2, 0.25) is 0 Å². The monoisotopic (exact) mass is 270 g/mol. The van der Waals surface area contributed by atoms with Crippen LogP contribution in [0.5, 0.6) is 0 Å². The van der Waals surface area contributed by atoms with Crippen LogP contribution >= 0.6 is 0 Å². The van der Waals surface area contributed by atoms with E-state index in [0.29, 0.717) is 24.7 Å².